The first-order valence-electron chi connectivity index (χ1n) is 10.1. The molecule has 2 N–H and O–H groups in total. The lowest BCUT2D eigenvalue weighted by atomic mass is 9.92. The van der Waals surface area contributed by atoms with Crippen LogP contribution in [0.4, 0.5) is 4.79 Å². The molecule has 2 aromatic rings. The van der Waals surface area contributed by atoms with Crippen molar-refractivity contribution in [2.75, 3.05) is 20.2 Å². The smallest absolute Gasteiger partial charge is 0.344 e. The van der Waals surface area contributed by atoms with Gasteiger partial charge in [0.05, 0.1) is 25.4 Å². The Labute approximate surface area is 179 Å². The molecule has 164 valence electrons. The van der Waals surface area contributed by atoms with E-state index in [9.17, 15) is 14.4 Å². The Kier molecular flexibility index (Phi) is 5.40. The summed E-state index contributed by atoms with van der Waals surface area (Å²) in [5.74, 6) is 0.340. The number of ether oxygens (including phenoxy) is 1. The number of urea groups is 1. The Hall–Kier alpha value is -3.40. The van der Waals surface area contributed by atoms with E-state index in [-0.39, 0.29) is 12.6 Å². The van der Waals surface area contributed by atoms with Crippen LogP contribution >= 0.6 is 0 Å². The van der Waals surface area contributed by atoms with Gasteiger partial charge in [-0.2, -0.15) is 5.01 Å². The Balaban J connectivity index is 1.43. The molecule has 1 aromatic heterocycles. The summed E-state index contributed by atoms with van der Waals surface area (Å²) in [6, 6.07) is 7.95. The predicted molar refractivity (Wildman–Crippen MR) is 109 cm³/mol. The normalized spacial score (nSPS) is 23.8. The fourth-order valence-corrected chi connectivity index (χ4v) is 4.08. The Morgan fingerprint density at radius 3 is 2.74 bits per heavy atom. The van der Waals surface area contributed by atoms with E-state index in [4.69, 9.17) is 9.26 Å². The van der Waals surface area contributed by atoms with Crippen molar-refractivity contribution >= 4 is 17.8 Å². The molecule has 0 saturated carbocycles. The maximum absolute atomic E-state index is 13.0. The number of rotatable bonds is 6. The fraction of sp³-hybridized carbons (Fsp3) is 0.429. The van der Waals surface area contributed by atoms with Gasteiger partial charge < -0.3 is 14.6 Å². The van der Waals surface area contributed by atoms with Crippen molar-refractivity contribution in [1.82, 2.24) is 25.8 Å². The fourth-order valence-electron chi connectivity index (χ4n) is 4.08. The van der Waals surface area contributed by atoms with Gasteiger partial charge in [-0.15, -0.1) is 0 Å². The number of nitrogens with one attached hydrogen (secondary N) is 2. The van der Waals surface area contributed by atoms with Crippen molar-refractivity contribution in [3.63, 3.8) is 0 Å². The van der Waals surface area contributed by atoms with Gasteiger partial charge in [0, 0.05) is 6.07 Å². The number of aromatic nitrogens is 1. The third kappa shape index (κ3) is 3.86. The summed E-state index contributed by atoms with van der Waals surface area (Å²) in [6.45, 7) is 4.18. The standard InChI is InChI=1S/C21H25N5O5/c1-13-11-17(31-24-13)16-5-4-10-25(16)12-18(27)23-26-19(28)21(2,22-20(26)29)14-6-8-15(30-3)9-7-14/h6-9,11,16H,4-5,10,12H2,1-3H3,(H,22,29)(H,23,27). The van der Waals surface area contributed by atoms with E-state index in [0.717, 1.165) is 23.5 Å². The van der Waals surface area contributed by atoms with Crippen LogP contribution in [0.2, 0.25) is 0 Å². The SMILES string of the molecule is COc1ccc(C2(C)NC(=O)N(NC(=O)CN3CCCC3c3cc(C)no3)C2=O)cc1. The zero-order valence-corrected chi connectivity index (χ0v) is 17.7. The molecular formula is C21H25N5O5. The minimum Gasteiger partial charge on any atom is -0.497 e. The zero-order valence-electron chi connectivity index (χ0n) is 17.7. The van der Waals surface area contributed by atoms with E-state index in [1.54, 1.807) is 38.3 Å². The van der Waals surface area contributed by atoms with Crippen LogP contribution in [0.1, 0.15) is 42.8 Å². The molecule has 2 atom stereocenters. The van der Waals surface area contributed by atoms with E-state index in [2.05, 4.69) is 15.9 Å². The van der Waals surface area contributed by atoms with Crippen LogP contribution in [0, 0.1) is 6.92 Å². The molecule has 1 aromatic carbocycles. The molecule has 2 saturated heterocycles. The molecule has 10 nitrogen and oxygen atoms in total. The maximum Gasteiger partial charge on any atom is 0.344 e. The van der Waals surface area contributed by atoms with Crippen molar-refractivity contribution in [2.24, 2.45) is 0 Å². The number of hydrazine groups is 1. The predicted octanol–water partition coefficient (Wildman–Crippen LogP) is 1.63. The largest absolute Gasteiger partial charge is 0.497 e. The van der Waals surface area contributed by atoms with E-state index >= 15 is 0 Å². The van der Waals surface area contributed by atoms with Gasteiger partial charge in [0.25, 0.3) is 11.8 Å². The molecule has 31 heavy (non-hydrogen) atoms. The zero-order chi connectivity index (χ0) is 22.2. The lowest BCUT2D eigenvalue weighted by molar-refractivity contribution is -0.139. The first-order chi connectivity index (χ1) is 14.8. The lowest BCUT2D eigenvalue weighted by Crippen LogP contribution is -2.50. The van der Waals surface area contributed by atoms with Crippen LogP contribution in [0.25, 0.3) is 0 Å². The Morgan fingerprint density at radius 2 is 2.10 bits per heavy atom. The van der Waals surface area contributed by atoms with Gasteiger partial charge in [0.1, 0.15) is 11.3 Å². The molecule has 2 aliphatic heterocycles. The van der Waals surface area contributed by atoms with Crippen molar-refractivity contribution in [3.8, 4) is 5.75 Å². The molecule has 0 radical (unpaired) electrons. The molecule has 2 unspecified atom stereocenters. The highest BCUT2D eigenvalue weighted by Gasteiger charge is 2.50. The van der Waals surface area contributed by atoms with E-state index < -0.39 is 23.4 Å². The average Bonchev–Trinajstić information content (AvgIpc) is 3.44. The van der Waals surface area contributed by atoms with Crippen LogP contribution in [0.5, 0.6) is 5.75 Å². The maximum atomic E-state index is 13.0. The minimum absolute atomic E-state index is 0.0285. The van der Waals surface area contributed by atoms with Crippen LogP contribution in [0.3, 0.4) is 0 Å². The summed E-state index contributed by atoms with van der Waals surface area (Å²) < 4.78 is 10.5. The molecule has 0 spiro atoms. The molecule has 4 amide bonds. The summed E-state index contributed by atoms with van der Waals surface area (Å²) >= 11 is 0. The second kappa shape index (κ2) is 8.03. The Bertz CT molecular complexity index is 1000. The molecule has 4 rings (SSSR count). The van der Waals surface area contributed by atoms with Crippen molar-refractivity contribution in [2.45, 2.75) is 38.3 Å². The second-order valence-electron chi connectivity index (χ2n) is 7.96. The van der Waals surface area contributed by atoms with E-state index in [1.165, 1.54) is 0 Å². The van der Waals surface area contributed by atoms with Crippen LogP contribution in [-0.2, 0) is 15.1 Å². The molecular weight excluding hydrogens is 402 g/mol. The number of carbonyl (C=O) groups is 3. The minimum atomic E-state index is -1.29. The molecule has 0 aliphatic carbocycles. The van der Waals surface area contributed by atoms with Crippen LogP contribution in [0.15, 0.2) is 34.9 Å². The summed E-state index contributed by atoms with van der Waals surface area (Å²) in [7, 11) is 1.55. The second-order valence-corrected chi connectivity index (χ2v) is 7.96. The molecule has 2 aliphatic rings. The van der Waals surface area contributed by atoms with Crippen molar-refractivity contribution < 1.29 is 23.6 Å². The number of likely N-dealkylation sites (tertiary alicyclic amines) is 1. The molecule has 2 fully saturated rings. The molecule has 0 bridgehead atoms. The number of hydrogen-bond donors (Lipinski definition) is 2. The summed E-state index contributed by atoms with van der Waals surface area (Å²) in [5, 5.41) is 7.33. The monoisotopic (exact) mass is 427 g/mol. The Morgan fingerprint density at radius 1 is 1.35 bits per heavy atom. The lowest BCUT2D eigenvalue weighted by Gasteiger charge is -2.24. The van der Waals surface area contributed by atoms with Crippen molar-refractivity contribution in [1.29, 1.82) is 0 Å². The third-order valence-corrected chi connectivity index (χ3v) is 5.78. The average molecular weight is 427 g/mol. The van der Waals surface area contributed by atoms with Crippen molar-refractivity contribution in [3.05, 3.63) is 47.3 Å². The number of methoxy groups -OCH3 is 1. The van der Waals surface area contributed by atoms with E-state index in [0.29, 0.717) is 23.6 Å². The third-order valence-electron chi connectivity index (χ3n) is 5.78. The number of benzene rings is 1. The van der Waals surface area contributed by atoms with Gasteiger partial charge in [-0.25, -0.2) is 4.79 Å². The molecule has 10 heteroatoms. The van der Waals surface area contributed by atoms with Gasteiger partial charge in [0.2, 0.25) is 0 Å². The number of imide groups is 1. The highest BCUT2D eigenvalue weighted by molar-refractivity contribution is 6.08. The van der Waals surface area contributed by atoms with Crippen LogP contribution in [-0.4, -0.2) is 53.1 Å². The summed E-state index contributed by atoms with van der Waals surface area (Å²) in [5.41, 5.74) is 2.53. The van der Waals surface area contributed by atoms with Crippen LogP contribution < -0.4 is 15.5 Å². The number of aryl methyl sites for hydroxylation is 1. The summed E-state index contributed by atoms with van der Waals surface area (Å²) in [6.07, 6.45) is 1.76. The van der Waals surface area contributed by atoms with Gasteiger partial charge >= 0.3 is 6.03 Å². The number of carbonyl (C=O) groups excluding carboxylic acids is 3. The first-order valence-corrected chi connectivity index (χ1v) is 10.1. The number of amides is 4. The number of hydrogen-bond acceptors (Lipinski definition) is 7. The summed E-state index contributed by atoms with van der Waals surface area (Å²) in [4.78, 5) is 40.1. The highest BCUT2D eigenvalue weighted by Crippen LogP contribution is 2.32. The highest BCUT2D eigenvalue weighted by atomic mass is 16.5. The van der Waals surface area contributed by atoms with E-state index in [1.807, 2.05) is 17.9 Å². The van der Waals surface area contributed by atoms with Gasteiger partial charge in [0.15, 0.2) is 5.76 Å². The van der Waals surface area contributed by atoms with Gasteiger partial charge in [-0.3, -0.25) is 19.9 Å². The molecule has 3 heterocycles. The number of nitrogens with zero attached hydrogens (tertiary/aromatic N) is 3. The quantitative estimate of drug-likeness (QED) is 0.673. The van der Waals surface area contributed by atoms with Gasteiger partial charge in [-0.1, -0.05) is 17.3 Å². The topological polar surface area (TPSA) is 117 Å². The first kappa shape index (κ1) is 20.9. The van der Waals surface area contributed by atoms with Gasteiger partial charge in [-0.05, 0) is 50.9 Å².